The maximum atomic E-state index is 13.1. The summed E-state index contributed by atoms with van der Waals surface area (Å²) in [6, 6.07) is 0. The number of ether oxygens (including phenoxy) is 2. The van der Waals surface area contributed by atoms with Crippen LogP contribution in [-0.2, 0) is 37.3 Å². The Morgan fingerprint density at radius 3 is 2.81 bits per heavy atom. The van der Waals surface area contributed by atoms with Crippen LogP contribution in [0.1, 0.15) is 65.7 Å². The molecule has 4 rings (SSSR count). The minimum absolute atomic E-state index is 0.0154. The smallest absolute Gasteiger partial charge is 0.340 e. The third kappa shape index (κ3) is 4.93. The van der Waals surface area contributed by atoms with Crippen molar-refractivity contribution in [2.45, 2.75) is 68.2 Å². The summed E-state index contributed by atoms with van der Waals surface area (Å²) in [5.74, 6) is -0.721. The Labute approximate surface area is 193 Å². The van der Waals surface area contributed by atoms with Gasteiger partial charge in [0.05, 0.1) is 19.2 Å². The van der Waals surface area contributed by atoms with Crippen molar-refractivity contribution in [3.63, 3.8) is 0 Å². The maximum absolute atomic E-state index is 13.1. The number of fused-ring (bicyclic) bond motifs is 1. The van der Waals surface area contributed by atoms with Gasteiger partial charge in [-0.1, -0.05) is 11.6 Å². The lowest BCUT2D eigenvalue weighted by Crippen LogP contribution is -2.41. The van der Waals surface area contributed by atoms with Crippen molar-refractivity contribution in [1.29, 1.82) is 0 Å². The number of hydrogen-bond donors (Lipinski definition) is 1. The van der Waals surface area contributed by atoms with Crippen LogP contribution < -0.4 is 4.72 Å². The second-order valence-corrected chi connectivity index (χ2v) is 11.5. The highest BCUT2D eigenvalue weighted by atomic mass is 32.2. The highest BCUT2D eigenvalue weighted by Crippen LogP contribution is 2.37. The predicted molar refractivity (Wildman–Crippen MR) is 120 cm³/mol. The number of carbonyl (C=O) groups excluding carboxylic acids is 2. The van der Waals surface area contributed by atoms with E-state index in [0.717, 1.165) is 41.9 Å². The van der Waals surface area contributed by atoms with Gasteiger partial charge in [0.15, 0.2) is 0 Å². The zero-order valence-electron chi connectivity index (χ0n) is 18.4. The second-order valence-electron chi connectivity index (χ2n) is 8.43. The van der Waals surface area contributed by atoms with Crippen LogP contribution in [0.3, 0.4) is 0 Å². The van der Waals surface area contributed by atoms with Gasteiger partial charge in [0.25, 0.3) is 15.9 Å². The van der Waals surface area contributed by atoms with Gasteiger partial charge in [-0.15, -0.1) is 11.3 Å². The topological polar surface area (TPSA) is 102 Å². The molecule has 3 heterocycles. The van der Waals surface area contributed by atoms with Gasteiger partial charge >= 0.3 is 5.97 Å². The van der Waals surface area contributed by atoms with E-state index < -0.39 is 22.1 Å². The Hall–Kier alpha value is -1.75. The third-order valence-corrected chi connectivity index (χ3v) is 9.49. The van der Waals surface area contributed by atoms with Gasteiger partial charge in [-0.2, -0.15) is 0 Å². The first-order valence-electron chi connectivity index (χ1n) is 11.2. The number of amides is 1. The van der Waals surface area contributed by atoms with Crippen molar-refractivity contribution >= 4 is 33.2 Å². The van der Waals surface area contributed by atoms with Crippen molar-refractivity contribution in [3.8, 4) is 0 Å². The number of nitrogens with one attached hydrogen (secondary N) is 1. The third-order valence-electron chi connectivity index (χ3n) is 6.30. The molecule has 1 atom stereocenters. The van der Waals surface area contributed by atoms with E-state index in [1.807, 2.05) is 0 Å². The van der Waals surface area contributed by atoms with Gasteiger partial charge in [0.1, 0.15) is 10.3 Å². The Bertz CT molecular complexity index is 1010. The van der Waals surface area contributed by atoms with Gasteiger partial charge in [-0.05, 0) is 56.9 Å². The molecule has 1 aromatic rings. The summed E-state index contributed by atoms with van der Waals surface area (Å²) < 4.78 is 39.3. The van der Waals surface area contributed by atoms with Gasteiger partial charge in [-0.25, -0.2) is 17.9 Å². The highest BCUT2D eigenvalue weighted by Gasteiger charge is 2.36. The first-order chi connectivity index (χ1) is 15.4. The SMILES string of the molecule is COC(=O)c1c(S(=O)(=O)NCCC2=CCCCC2)sc2c1CCN(C(=O)[C@H]1CCCO1)C2. The molecule has 3 aliphatic rings. The number of esters is 1. The molecule has 0 saturated carbocycles. The summed E-state index contributed by atoms with van der Waals surface area (Å²) in [5, 5.41) is 0. The van der Waals surface area contributed by atoms with Crippen LogP contribution >= 0.6 is 11.3 Å². The van der Waals surface area contributed by atoms with E-state index in [1.165, 1.54) is 19.1 Å². The average molecular weight is 483 g/mol. The van der Waals surface area contributed by atoms with E-state index in [2.05, 4.69) is 10.8 Å². The largest absolute Gasteiger partial charge is 0.465 e. The molecule has 1 aromatic heterocycles. The molecule has 1 amide bonds. The molecular formula is C22H30N2O6S2. The number of methoxy groups -OCH3 is 1. The average Bonchev–Trinajstić information content (AvgIpc) is 3.47. The monoisotopic (exact) mass is 482 g/mol. The fourth-order valence-electron chi connectivity index (χ4n) is 4.58. The molecule has 32 heavy (non-hydrogen) atoms. The number of thiophene rings is 1. The van der Waals surface area contributed by atoms with Crippen molar-refractivity contribution in [1.82, 2.24) is 9.62 Å². The lowest BCUT2D eigenvalue weighted by Gasteiger charge is -2.29. The van der Waals surface area contributed by atoms with Crippen LogP contribution in [0, 0.1) is 0 Å². The zero-order valence-corrected chi connectivity index (χ0v) is 20.0. The zero-order chi connectivity index (χ0) is 22.7. The summed E-state index contributed by atoms with van der Waals surface area (Å²) in [7, 11) is -2.63. The van der Waals surface area contributed by atoms with Gasteiger partial charge in [0.2, 0.25) is 0 Å². The quantitative estimate of drug-likeness (QED) is 0.474. The summed E-state index contributed by atoms with van der Waals surface area (Å²) in [6.45, 7) is 1.59. The van der Waals surface area contributed by atoms with Crippen molar-refractivity contribution in [3.05, 3.63) is 27.7 Å². The fraction of sp³-hybridized carbons (Fsp3) is 0.636. The number of carbonyl (C=O) groups is 2. The summed E-state index contributed by atoms with van der Waals surface area (Å²) in [6.07, 6.45) is 8.82. The maximum Gasteiger partial charge on any atom is 0.340 e. The van der Waals surface area contributed by atoms with Gasteiger partial charge < -0.3 is 14.4 Å². The highest BCUT2D eigenvalue weighted by molar-refractivity contribution is 7.91. The van der Waals surface area contributed by atoms with Crippen LogP contribution in [0.5, 0.6) is 0 Å². The summed E-state index contributed by atoms with van der Waals surface area (Å²) >= 11 is 1.06. The molecule has 1 N–H and O–H groups in total. The van der Waals surface area contributed by atoms with Crippen LogP contribution in [0.25, 0.3) is 0 Å². The minimum Gasteiger partial charge on any atom is -0.465 e. The summed E-state index contributed by atoms with van der Waals surface area (Å²) in [4.78, 5) is 27.7. The predicted octanol–water partition coefficient (Wildman–Crippen LogP) is 2.77. The molecule has 176 valence electrons. The van der Waals surface area contributed by atoms with Gasteiger partial charge in [0, 0.05) is 24.6 Å². The van der Waals surface area contributed by atoms with E-state index in [4.69, 9.17) is 9.47 Å². The first kappa shape index (κ1) is 23.4. The molecule has 1 aliphatic carbocycles. The number of allylic oxidation sites excluding steroid dienone is 1. The number of hydrogen-bond acceptors (Lipinski definition) is 7. The van der Waals surface area contributed by atoms with E-state index in [0.29, 0.717) is 44.5 Å². The van der Waals surface area contributed by atoms with E-state index in [9.17, 15) is 18.0 Å². The van der Waals surface area contributed by atoms with Crippen molar-refractivity contribution in [2.75, 3.05) is 26.8 Å². The molecule has 0 spiro atoms. The Morgan fingerprint density at radius 1 is 1.28 bits per heavy atom. The lowest BCUT2D eigenvalue weighted by molar-refractivity contribution is -0.141. The van der Waals surface area contributed by atoms with Crippen LogP contribution in [0.15, 0.2) is 15.9 Å². The molecule has 0 bridgehead atoms. The molecule has 0 radical (unpaired) electrons. The van der Waals surface area contributed by atoms with Gasteiger partial charge in [-0.3, -0.25) is 4.79 Å². The van der Waals surface area contributed by atoms with E-state index >= 15 is 0 Å². The molecule has 10 heteroatoms. The minimum atomic E-state index is -3.88. The molecule has 1 fully saturated rings. The van der Waals surface area contributed by atoms with E-state index in [-0.39, 0.29) is 22.2 Å². The van der Waals surface area contributed by atoms with Crippen molar-refractivity contribution < 1.29 is 27.5 Å². The lowest BCUT2D eigenvalue weighted by atomic mass is 9.97. The first-order valence-corrected chi connectivity index (χ1v) is 13.5. The Balaban J connectivity index is 1.53. The second kappa shape index (κ2) is 10.0. The van der Waals surface area contributed by atoms with E-state index in [1.54, 1.807) is 4.90 Å². The van der Waals surface area contributed by atoms with Crippen LogP contribution in [0.4, 0.5) is 0 Å². The molecular weight excluding hydrogens is 452 g/mol. The van der Waals surface area contributed by atoms with Crippen LogP contribution in [0.2, 0.25) is 0 Å². The van der Waals surface area contributed by atoms with Crippen molar-refractivity contribution in [2.24, 2.45) is 0 Å². The molecule has 1 saturated heterocycles. The van der Waals surface area contributed by atoms with Crippen LogP contribution in [-0.4, -0.2) is 58.1 Å². The number of rotatable bonds is 7. The number of sulfonamides is 1. The fourth-order valence-corrected chi connectivity index (χ4v) is 7.56. The molecule has 2 aliphatic heterocycles. The normalized spacial score (nSPS) is 21.2. The standard InChI is InChI=1S/C22H30N2O6S2/c1-29-21(26)19-16-10-12-24(20(25)17-8-5-13-30-17)14-18(16)31-22(19)32(27,28)23-11-9-15-6-3-2-4-7-15/h6,17,23H,2-5,7-14H2,1H3/t17-/m1/s1. The Morgan fingerprint density at radius 2 is 2.12 bits per heavy atom. The molecule has 0 aromatic carbocycles. The number of nitrogens with zero attached hydrogens (tertiary/aromatic N) is 1. The molecule has 0 unspecified atom stereocenters. The summed E-state index contributed by atoms with van der Waals surface area (Å²) in [5.41, 5.74) is 2.07. The molecule has 8 nitrogen and oxygen atoms in total. The Kier molecular flexibility index (Phi) is 7.34.